The lowest BCUT2D eigenvalue weighted by molar-refractivity contribution is 0.173. The molecule has 2 N–H and O–H groups in total. The third-order valence-corrected chi connectivity index (χ3v) is 7.75. The molecule has 0 bridgehead atoms. The van der Waals surface area contributed by atoms with Crippen LogP contribution in [-0.2, 0) is 0 Å². The first-order valence-electron chi connectivity index (χ1n) is 11.4. The third kappa shape index (κ3) is 5.66. The van der Waals surface area contributed by atoms with Gasteiger partial charge in [-0.2, -0.15) is 0 Å². The van der Waals surface area contributed by atoms with E-state index in [1.54, 1.807) is 17.4 Å². The number of aromatic nitrogens is 1. The van der Waals surface area contributed by atoms with E-state index in [1.165, 1.54) is 18.4 Å². The summed E-state index contributed by atoms with van der Waals surface area (Å²) in [5.41, 5.74) is 4.26. The Bertz CT molecular complexity index is 1050. The number of aryl methyl sites for hydroxylation is 1. The summed E-state index contributed by atoms with van der Waals surface area (Å²) in [6.45, 7) is 4.98. The number of nitrogens with zero attached hydrogens (tertiary/aromatic N) is 1. The maximum Gasteiger partial charge on any atom is 0.183 e. The van der Waals surface area contributed by atoms with Crippen LogP contribution in [-0.4, -0.2) is 16.6 Å². The van der Waals surface area contributed by atoms with Crippen molar-refractivity contribution in [1.29, 1.82) is 0 Å². The lowest BCUT2D eigenvalue weighted by Crippen LogP contribution is -2.07. The fraction of sp³-hybridized carbons (Fsp3) is 0.423. The number of hydrogen-bond acceptors (Lipinski definition) is 4. The zero-order chi connectivity index (χ0) is 22.7. The molecule has 2 aromatic carbocycles. The van der Waals surface area contributed by atoms with Gasteiger partial charge in [-0.05, 0) is 80.2 Å². The van der Waals surface area contributed by atoms with Crippen molar-refractivity contribution in [3.8, 4) is 11.3 Å². The minimum atomic E-state index is -0.359. The first-order chi connectivity index (χ1) is 15.5. The van der Waals surface area contributed by atoms with Gasteiger partial charge in [0.25, 0.3) is 0 Å². The lowest BCUT2D eigenvalue weighted by Gasteiger charge is -2.18. The molecule has 1 heterocycles. The Labute approximate surface area is 204 Å². The Morgan fingerprint density at radius 2 is 1.84 bits per heavy atom. The van der Waals surface area contributed by atoms with Crippen LogP contribution in [0.25, 0.3) is 11.3 Å². The molecule has 3 nitrogen and oxygen atoms in total. The summed E-state index contributed by atoms with van der Waals surface area (Å²) in [5, 5.41) is 15.8. The molecule has 1 fully saturated rings. The number of hydrogen-bond donors (Lipinski definition) is 2. The van der Waals surface area contributed by atoms with Crippen LogP contribution in [0.15, 0.2) is 42.5 Å². The van der Waals surface area contributed by atoms with Crippen molar-refractivity contribution < 1.29 is 5.11 Å². The molecule has 0 saturated heterocycles. The van der Waals surface area contributed by atoms with Crippen molar-refractivity contribution in [2.75, 3.05) is 11.9 Å². The molecular formula is C26H30Cl2N2OS. The average Bonchev–Trinajstić information content (AvgIpc) is 3.56. The molecule has 32 heavy (non-hydrogen) atoms. The molecule has 4 rings (SSSR count). The smallest absolute Gasteiger partial charge is 0.183 e. The van der Waals surface area contributed by atoms with E-state index in [4.69, 9.17) is 28.2 Å². The van der Waals surface area contributed by atoms with Crippen LogP contribution in [0.5, 0.6) is 0 Å². The summed E-state index contributed by atoms with van der Waals surface area (Å²) in [6.07, 6.45) is 5.30. The zero-order valence-electron chi connectivity index (χ0n) is 18.6. The molecule has 170 valence electrons. The topological polar surface area (TPSA) is 45.1 Å². The van der Waals surface area contributed by atoms with E-state index >= 15 is 0 Å². The standard InChI is InChI=1S/C26H30Cl2N2OS/c1-3-24(31)19-10-8-18(9-11-19)21(17-6-7-17)5-4-14-29-26-30-25(16(2)32-26)22-13-12-20(27)15-23(22)28/h8-13,15,17,21,24,31H,3-7,14H2,1-2H3,(H,29,30). The number of benzene rings is 2. The summed E-state index contributed by atoms with van der Waals surface area (Å²) >= 11 is 14.1. The number of aliphatic hydroxyl groups excluding tert-OH is 1. The van der Waals surface area contributed by atoms with Gasteiger partial charge < -0.3 is 10.4 Å². The second kappa shape index (κ2) is 10.6. The van der Waals surface area contributed by atoms with Gasteiger partial charge in [-0.3, -0.25) is 0 Å². The van der Waals surface area contributed by atoms with Gasteiger partial charge in [-0.1, -0.05) is 54.4 Å². The lowest BCUT2D eigenvalue weighted by atomic mass is 9.89. The van der Waals surface area contributed by atoms with Crippen molar-refractivity contribution in [2.45, 2.75) is 58.0 Å². The summed E-state index contributed by atoms with van der Waals surface area (Å²) in [5.74, 6) is 1.41. The molecule has 0 aliphatic heterocycles. The SMILES string of the molecule is CCC(O)c1ccc(C(CCCNc2nc(-c3ccc(Cl)cc3Cl)c(C)s2)C2CC2)cc1. The normalized spacial score (nSPS) is 15.5. The van der Waals surface area contributed by atoms with E-state index in [-0.39, 0.29) is 6.10 Å². The van der Waals surface area contributed by atoms with Crippen LogP contribution < -0.4 is 5.32 Å². The summed E-state index contributed by atoms with van der Waals surface area (Å²) in [6, 6.07) is 14.2. The minimum absolute atomic E-state index is 0.359. The number of halogens is 2. The maximum atomic E-state index is 10.1. The monoisotopic (exact) mass is 488 g/mol. The Kier molecular flexibility index (Phi) is 7.78. The van der Waals surface area contributed by atoms with Crippen molar-refractivity contribution in [1.82, 2.24) is 4.98 Å². The molecule has 6 heteroatoms. The van der Waals surface area contributed by atoms with Crippen molar-refractivity contribution in [2.24, 2.45) is 5.92 Å². The van der Waals surface area contributed by atoms with Gasteiger partial charge in [0.1, 0.15) is 0 Å². The van der Waals surface area contributed by atoms with Crippen LogP contribution >= 0.6 is 34.5 Å². The number of rotatable bonds is 10. The summed E-state index contributed by atoms with van der Waals surface area (Å²) in [4.78, 5) is 5.92. The van der Waals surface area contributed by atoms with Crippen LogP contribution in [0.4, 0.5) is 5.13 Å². The predicted octanol–water partition coefficient (Wildman–Crippen LogP) is 8.25. The molecule has 2 atom stereocenters. The third-order valence-electron chi connectivity index (χ3n) is 6.28. The van der Waals surface area contributed by atoms with Gasteiger partial charge >= 0.3 is 0 Å². The molecule has 1 aromatic heterocycles. The summed E-state index contributed by atoms with van der Waals surface area (Å²) < 4.78 is 0. The molecule has 2 unspecified atom stereocenters. The second-order valence-corrected chi connectivity index (χ2v) is 10.7. The van der Waals surface area contributed by atoms with E-state index in [2.05, 4.69) is 36.5 Å². The maximum absolute atomic E-state index is 10.1. The highest BCUT2D eigenvalue weighted by molar-refractivity contribution is 7.16. The molecule has 1 aliphatic rings. The number of anilines is 1. The van der Waals surface area contributed by atoms with Gasteiger partial charge in [-0.15, -0.1) is 11.3 Å². The summed E-state index contributed by atoms with van der Waals surface area (Å²) in [7, 11) is 0. The predicted molar refractivity (Wildman–Crippen MR) is 137 cm³/mol. The van der Waals surface area contributed by atoms with Crippen LogP contribution in [0.2, 0.25) is 10.0 Å². The Hall–Kier alpha value is -1.59. The van der Waals surface area contributed by atoms with E-state index in [9.17, 15) is 5.11 Å². The van der Waals surface area contributed by atoms with E-state index in [0.717, 1.165) is 58.6 Å². The Balaban J connectivity index is 1.34. The van der Waals surface area contributed by atoms with Crippen molar-refractivity contribution in [3.63, 3.8) is 0 Å². The van der Waals surface area contributed by atoms with E-state index < -0.39 is 0 Å². The highest BCUT2D eigenvalue weighted by atomic mass is 35.5. The molecule has 0 spiro atoms. The molecule has 3 aromatic rings. The van der Waals surface area contributed by atoms with Gasteiger partial charge in [-0.25, -0.2) is 4.98 Å². The molecule has 0 radical (unpaired) electrons. The first-order valence-corrected chi connectivity index (χ1v) is 13.0. The minimum Gasteiger partial charge on any atom is -0.388 e. The molecule has 1 saturated carbocycles. The molecule has 1 aliphatic carbocycles. The Morgan fingerprint density at radius 3 is 2.50 bits per heavy atom. The first kappa shape index (κ1) is 23.6. The second-order valence-electron chi connectivity index (χ2n) is 8.65. The number of nitrogens with one attached hydrogen (secondary N) is 1. The average molecular weight is 490 g/mol. The van der Waals surface area contributed by atoms with Crippen LogP contribution in [0, 0.1) is 12.8 Å². The van der Waals surface area contributed by atoms with Gasteiger partial charge in [0.2, 0.25) is 0 Å². The number of thiazole rings is 1. The van der Waals surface area contributed by atoms with Crippen LogP contribution in [0.1, 0.15) is 67.1 Å². The highest BCUT2D eigenvalue weighted by Crippen LogP contribution is 2.45. The fourth-order valence-electron chi connectivity index (χ4n) is 4.29. The number of aliphatic hydroxyl groups is 1. The van der Waals surface area contributed by atoms with E-state index in [1.807, 2.05) is 19.1 Å². The van der Waals surface area contributed by atoms with Crippen LogP contribution in [0.3, 0.4) is 0 Å². The Morgan fingerprint density at radius 1 is 1.12 bits per heavy atom. The fourth-order valence-corrected chi connectivity index (χ4v) is 5.65. The zero-order valence-corrected chi connectivity index (χ0v) is 20.9. The molecule has 0 amide bonds. The van der Waals surface area contributed by atoms with Gasteiger partial charge in [0.05, 0.1) is 16.8 Å². The quantitative estimate of drug-likeness (QED) is 0.282. The van der Waals surface area contributed by atoms with E-state index in [0.29, 0.717) is 16.0 Å². The van der Waals surface area contributed by atoms with Crippen molar-refractivity contribution in [3.05, 3.63) is 68.5 Å². The highest BCUT2D eigenvalue weighted by Gasteiger charge is 2.31. The van der Waals surface area contributed by atoms with Crippen molar-refractivity contribution >= 4 is 39.7 Å². The van der Waals surface area contributed by atoms with Gasteiger partial charge in [0.15, 0.2) is 5.13 Å². The largest absolute Gasteiger partial charge is 0.388 e. The van der Waals surface area contributed by atoms with Gasteiger partial charge in [0, 0.05) is 22.0 Å². The molecular weight excluding hydrogens is 459 g/mol.